The van der Waals surface area contributed by atoms with Gasteiger partial charge in [-0.1, -0.05) is 42.0 Å². The predicted octanol–water partition coefficient (Wildman–Crippen LogP) is 3.69. The number of nitrogens with zero attached hydrogens (tertiary/aromatic N) is 3. The van der Waals surface area contributed by atoms with Crippen molar-refractivity contribution in [3.63, 3.8) is 0 Å². The molecular weight excluding hydrogens is 378 g/mol. The van der Waals surface area contributed by atoms with E-state index in [4.69, 9.17) is 0 Å². The van der Waals surface area contributed by atoms with E-state index in [1.807, 2.05) is 43.3 Å². The number of fused-ring (bicyclic) bond motifs is 1. The maximum absolute atomic E-state index is 13.1. The Morgan fingerprint density at radius 2 is 1.80 bits per heavy atom. The van der Waals surface area contributed by atoms with Crippen molar-refractivity contribution in [2.45, 2.75) is 45.2 Å². The Hall–Kier alpha value is -3.15. The molecule has 1 heterocycles. The molecule has 4 rings (SSSR count). The zero-order valence-corrected chi connectivity index (χ0v) is 17.7. The van der Waals surface area contributed by atoms with Gasteiger partial charge in [0.25, 0.3) is 5.91 Å². The molecule has 6 nitrogen and oxygen atoms in total. The topological polar surface area (TPSA) is 60.9 Å². The van der Waals surface area contributed by atoms with Crippen LogP contribution in [0.4, 0.5) is 10.5 Å². The molecule has 4 amide bonds. The molecule has 0 aromatic heterocycles. The Balaban J connectivity index is 1.51. The fourth-order valence-electron chi connectivity index (χ4n) is 4.46. The molecule has 0 unspecified atom stereocenters. The minimum Gasteiger partial charge on any atom is -0.337 e. The van der Waals surface area contributed by atoms with Crippen molar-refractivity contribution in [1.82, 2.24) is 9.80 Å². The van der Waals surface area contributed by atoms with Crippen molar-refractivity contribution in [1.29, 1.82) is 0 Å². The van der Waals surface area contributed by atoms with Crippen molar-refractivity contribution in [3.8, 4) is 0 Å². The third kappa shape index (κ3) is 3.47. The third-order valence-electron chi connectivity index (χ3n) is 6.25. The first-order chi connectivity index (χ1) is 14.4. The number of carbonyl (C=O) groups excluding carboxylic acids is 3. The summed E-state index contributed by atoms with van der Waals surface area (Å²) in [6.45, 7) is 3.43. The van der Waals surface area contributed by atoms with Gasteiger partial charge in [0.15, 0.2) is 0 Å². The van der Waals surface area contributed by atoms with Crippen LogP contribution in [0.15, 0.2) is 48.5 Å². The zero-order valence-electron chi connectivity index (χ0n) is 17.7. The van der Waals surface area contributed by atoms with Crippen LogP contribution in [-0.4, -0.2) is 47.3 Å². The molecule has 1 fully saturated rings. The highest BCUT2D eigenvalue weighted by Gasteiger charge is 2.44. The summed E-state index contributed by atoms with van der Waals surface area (Å²) in [6, 6.07) is 14.5. The Morgan fingerprint density at radius 1 is 1.10 bits per heavy atom. The Labute approximate surface area is 177 Å². The molecule has 1 aliphatic heterocycles. The number of benzene rings is 2. The van der Waals surface area contributed by atoms with Crippen LogP contribution in [0, 0.1) is 6.92 Å². The van der Waals surface area contributed by atoms with Crippen LogP contribution in [0.5, 0.6) is 0 Å². The van der Waals surface area contributed by atoms with E-state index in [0.29, 0.717) is 5.69 Å². The van der Waals surface area contributed by atoms with Gasteiger partial charge in [0.1, 0.15) is 12.6 Å². The molecule has 1 aliphatic carbocycles. The SMILES string of the molecule is Cc1ccc(N2C(=O)N(CC(=O)N(C)[C@H]3CCCc4ccccc43)C(=O)[C@@H]2C)cc1. The second kappa shape index (κ2) is 7.94. The smallest absolute Gasteiger partial charge is 0.332 e. The van der Waals surface area contributed by atoms with Crippen molar-refractivity contribution in [3.05, 3.63) is 65.2 Å². The molecule has 30 heavy (non-hydrogen) atoms. The molecule has 2 atom stereocenters. The lowest BCUT2D eigenvalue weighted by Gasteiger charge is -2.34. The molecule has 0 spiro atoms. The van der Waals surface area contributed by atoms with Gasteiger partial charge in [0.2, 0.25) is 5.91 Å². The van der Waals surface area contributed by atoms with Crippen molar-refractivity contribution < 1.29 is 14.4 Å². The standard InChI is InChI=1S/C24H27N3O3/c1-16-11-13-19(14-12-16)27-17(2)23(29)26(24(27)30)15-22(28)25(3)21-10-6-8-18-7-4-5-9-20(18)21/h4-5,7,9,11-14,17,21H,6,8,10,15H2,1-3H3/t17-,21-/m0/s1. The molecule has 2 aromatic rings. The van der Waals surface area contributed by atoms with Gasteiger partial charge >= 0.3 is 6.03 Å². The van der Waals surface area contributed by atoms with E-state index >= 15 is 0 Å². The van der Waals surface area contributed by atoms with Gasteiger partial charge < -0.3 is 4.90 Å². The average molecular weight is 405 g/mol. The summed E-state index contributed by atoms with van der Waals surface area (Å²) in [6.07, 6.45) is 2.91. The maximum atomic E-state index is 13.1. The largest absolute Gasteiger partial charge is 0.337 e. The first-order valence-electron chi connectivity index (χ1n) is 10.4. The molecule has 2 aliphatic rings. The number of imide groups is 1. The van der Waals surface area contributed by atoms with Crippen molar-refractivity contribution in [2.75, 3.05) is 18.5 Å². The third-order valence-corrected chi connectivity index (χ3v) is 6.25. The lowest BCUT2D eigenvalue weighted by atomic mass is 9.87. The van der Waals surface area contributed by atoms with Crippen molar-refractivity contribution in [2.24, 2.45) is 0 Å². The second-order valence-corrected chi connectivity index (χ2v) is 8.20. The minimum absolute atomic E-state index is 0.0270. The fourth-order valence-corrected chi connectivity index (χ4v) is 4.46. The Kier molecular flexibility index (Phi) is 5.33. The average Bonchev–Trinajstić information content (AvgIpc) is 2.96. The number of likely N-dealkylation sites (N-methyl/N-ethyl adjacent to an activating group) is 1. The molecule has 0 bridgehead atoms. The quantitative estimate of drug-likeness (QED) is 0.729. The summed E-state index contributed by atoms with van der Waals surface area (Å²) in [5, 5.41) is 0. The number of aryl methyl sites for hydroxylation is 2. The van der Waals surface area contributed by atoms with E-state index in [2.05, 4.69) is 12.1 Å². The van der Waals surface area contributed by atoms with E-state index in [9.17, 15) is 14.4 Å². The van der Waals surface area contributed by atoms with E-state index in [1.54, 1.807) is 18.9 Å². The van der Waals surface area contributed by atoms with Crippen LogP contribution in [0.25, 0.3) is 0 Å². The lowest BCUT2D eigenvalue weighted by Crippen LogP contribution is -2.43. The highest BCUT2D eigenvalue weighted by atomic mass is 16.2. The van der Waals surface area contributed by atoms with E-state index < -0.39 is 12.1 Å². The second-order valence-electron chi connectivity index (χ2n) is 8.20. The summed E-state index contributed by atoms with van der Waals surface area (Å²) in [5.41, 5.74) is 4.16. The van der Waals surface area contributed by atoms with Crippen LogP contribution < -0.4 is 4.90 Å². The van der Waals surface area contributed by atoms with Crippen LogP contribution in [0.2, 0.25) is 0 Å². The number of rotatable bonds is 4. The molecule has 0 saturated carbocycles. The van der Waals surface area contributed by atoms with Crippen LogP contribution in [0.3, 0.4) is 0 Å². The van der Waals surface area contributed by atoms with Gasteiger partial charge in [-0.2, -0.15) is 0 Å². The number of anilines is 1. The Bertz CT molecular complexity index is 985. The maximum Gasteiger partial charge on any atom is 0.332 e. The first-order valence-corrected chi connectivity index (χ1v) is 10.4. The number of amides is 4. The van der Waals surface area contributed by atoms with Gasteiger partial charge in [-0.25, -0.2) is 4.79 Å². The van der Waals surface area contributed by atoms with Crippen LogP contribution in [0.1, 0.15) is 42.5 Å². The summed E-state index contributed by atoms with van der Waals surface area (Å²) < 4.78 is 0. The minimum atomic E-state index is -0.631. The number of carbonyl (C=O) groups is 3. The molecular formula is C24H27N3O3. The molecule has 0 radical (unpaired) electrons. The number of hydrogen-bond acceptors (Lipinski definition) is 3. The van der Waals surface area contributed by atoms with E-state index in [0.717, 1.165) is 35.3 Å². The summed E-state index contributed by atoms with van der Waals surface area (Å²) in [4.78, 5) is 43.1. The van der Waals surface area contributed by atoms with Gasteiger partial charge in [-0.3, -0.25) is 19.4 Å². The first kappa shape index (κ1) is 20.1. The molecule has 0 N–H and O–H groups in total. The van der Waals surface area contributed by atoms with Gasteiger partial charge in [-0.05, 0) is 56.4 Å². The molecule has 156 valence electrons. The fraction of sp³-hybridized carbons (Fsp3) is 0.375. The summed E-state index contributed by atoms with van der Waals surface area (Å²) >= 11 is 0. The van der Waals surface area contributed by atoms with Gasteiger partial charge in [0.05, 0.1) is 6.04 Å². The predicted molar refractivity (Wildman–Crippen MR) is 115 cm³/mol. The number of urea groups is 1. The van der Waals surface area contributed by atoms with Crippen LogP contribution in [-0.2, 0) is 16.0 Å². The zero-order chi connectivity index (χ0) is 21.4. The highest BCUT2D eigenvalue weighted by Crippen LogP contribution is 2.34. The molecule has 1 saturated heterocycles. The van der Waals surface area contributed by atoms with E-state index in [1.165, 1.54) is 10.5 Å². The monoisotopic (exact) mass is 405 g/mol. The number of hydrogen-bond donors (Lipinski definition) is 0. The summed E-state index contributed by atoms with van der Waals surface area (Å²) in [5.74, 6) is -0.567. The van der Waals surface area contributed by atoms with E-state index in [-0.39, 0.29) is 24.4 Å². The summed E-state index contributed by atoms with van der Waals surface area (Å²) in [7, 11) is 1.77. The van der Waals surface area contributed by atoms with Crippen LogP contribution >= 0.6 is 0 Å². The highest BCUT2D eigenvalue weighted by molar-refractivity contribution is 6.15. The molecule has 2 aromatic carbocycles. The van der Waals surface area contributed by atoms with Crippen molar-refractivity contribution >= 4 is 23.5 Å². The normalized spacial score (nSPS) is 21.0. The lowest BCUT2D eigenvalue weighted by molar-refractivity contribution is -0.138. The molecule has 6 heteroatoms. The van der Waals surface area contributed by atoms with Gasteiger partial charge in [0, 0.05) is 12.7 Å². The Morgan fingerprint density at radius 3 is 2.53 bits per heavy atom. The van der Waals surface area contributed by atoms with Gasteiger partial charge in [-0.15, -0.1) is 0 Å².